The highest BCUT2D eigenvalue weighted by Gasteiger charge is 2.54. The van der Waals surface area contributed by atoms with Gasteiger partial charge in [0.15, 0.2) is 11.8 Å². The highest BCUT2D eigenvalue weighted by molar-refractivity contribution is 6.31. The Morgan fingerprint density at radius 2 is 1.77 bits per heavy atom. The van der Waals surface area contributed by atoms with Crippen LogP contribution in [0.2, 0.25) is 10.0 Å². The van der Waals surface area contributed by atoms with E-state index in [2.05, 4.69) is 10.6 Å². The van der Waals surface area contributed by atoms with Crippen molar-refractivity contribution in [3.63, 3.8) is 0 Å². The number of anilines is 2. The van der Waals surface area contributed by atoms with Gasteiger partial charge in [0, 0.05) is 39.6 Å². The maximum absolute atomic E-state index is 14.0. The van der Waals surface area contributed by atoms with Crippen LogP contribution in [0.15, 0.2) is 78.5 Å². The third kappa shape index (κ3) is 4.36. The molecule has 178 valence electrons. The van der Waals surface area contributed by atoms with E-state index >= 15 is 0 Å². The number of halogens is 2. The van der Waals surface area contributed by atoms with Gasteiger partial charge in [-0.05, 0) is 35.9 Å². The molecule has 0 spiro atoms. The Hall–Kier alpha value is -3.81. The van der Waals surface area contributed by atoms with Gasteiger partial charge in [-0.3, -0.25) is 14.4 Å². The summed E-state index contributed by atoms with van der Waals surface area (Å²) in [5.74, 6) is -1.59. The van der Waals surface area contributed by atoms with Crippen LogP contribution in [-0.4, -0.2) is 36.9 Å². The lowest BCUT2D eigenvalue weighted by Gasteiger charge is -2.41. The number of nitrogens with one attached hydrogen (secondary N) is 2. The number of carboxylic acids is 1. The number of likely N-dealkylation sites (N-methyl/N-ethyl adjacent to an activating group) is 1. The molecule has 3 aromatic rings. The molecule has 9 heteroatoms. The number of carbonyl (C=O) groups excluding carboxylic acids is 2. The van der Waals surface area contributed by atoms with Crippen molar-refractivity contribution in [3.05, 3.63) is 99.7 Å². The van der Waals surface area contributed by atoms with Crippen LogP contribution in [0.1, 0.15) is 11.1 Å². The molecule has 1 aliphatic rings. The number of rotatable bonds is 8. The monoisotopic (exact) mass is 509 g/mol. The second kappa shape index (κ2) is 9.82. The lowest BCUT2D eigenvalue weighted by Crippen LogP contribution is -2.51. The largest absolute Gasteiger partial charge is 0.480 e. The van der Waals surface area contributed by atoms with E-state index in [4.69, 9.17) is 23.2 Å². The smallest absolute Gasteiger partial charge is 0.322 e. The second-order valence-corrected chi connectivity index (χ2v) is 8.79. The zero-order chi connectivity index (χ0) is 25.2. The number of allylic oxidation sites excluding steroid dienone is 1. The number of aldehydes is 1. The zero-order valence-electron chi connectivity index (χ0n) is 18.6. The highest BCUT2D eigenvalue weighted by Crippen LogP contribution is 2.51. The lowest BCUT2D eigenvalue weighted by molar-refractivity contribution is -0.135. The molecule has 0 saturated carbocycles. The summed E-state index contributed by atoms with van der Waals surface area (Å²) in [5.41, 5.74) is 0.860. The molecule has 35 heavy (non-hydrogen) atoms. The van der Waals surface area contributed by atoms with Crippen molar-refractivity contribution >= 4 is 58.3 Å². The minimum Gasteiger partial charge on any atom is -0.480 e. The van der Waals surface area contributed by atoms with Crippen LogP contribution in [0.3, 0.4) is 0 Å². The quantitative estimate of drug-likeness (QED) is 0.304. The average molecular weight is 510 g/mol. The van der Waals surface area contributed by atoms with Gasteiger partial charge in [-0.2, -0.15) is 0 Å². The average Bonchev–Trinajstić information content (AvgIpc) is 3.12. The molecule has 3 N–H and O–H groups in total. The molecule has 1 aliphatic heterocycles. The summed E-state index contributed by atoms with van der Waals surface area (Å²) in [4.78, 5) is 39.5. The van der Waals surface area contributed by atoms with Crippen LogP contribution in [-0.2, 0) is 19.9 Å². The fraction of sp³-hybridized carbons (Fsp3) is 0.115. The molecule has 0 aromatic heterocycles. The van der Waals surface area contributed by atoms with E-state index in [-0.39, 0.29) is 11.3 Å². The molecule has 0 fully saturated rings. The van der Waals surface area contributed by atoms with Crippen LogP contribution in [0.5, 0.6) is 0 Å². The minimum absolute atomic E-state index is 0.0366. The maximum Gasteiger partial charge on any atom is 0.322 e. The van der Waals surface area contributed by atoms with Gasteiger partial charge in [-0.25, -0.2) is 0 Å². The summed E-state index contributed by atoms with van der Waals surface area (Å²) in [5, 5.41) is 15.8. The van der Waals surface area contributed by atoms with E-state index in [0.29, 0.717) is 38.8 Å². The molecule has 0 bridgehead atoms. The Morgan fingerprint density at radius 3 is 2.43 bits per heavy atom. The molecule has 3 aromatic carbocycles. The Labute approximate surface area is 212 Å². The third-order valence-corrected chi connectivity index (χ3v) is 6.36. The molecule has 1 atom stereocenters. The summed E-state index contributed by atoms with van der Waals surface area (Å²) in [6.07, 6.45) is 0.528. The molecule has 0 radical (unpaired) electrons. The molecule has 4 rings (SSSR count). The molecule has 1 unspecified atom stereocenters. The van der Waals surface area contributed by atoms with Gasteiger partial charge in [0.25, 0.3) is 5.91 Å². The first kappa shape index (κ1) is 24.3. The summed E-state index contributed by atoms with van der Waals surface area (Å²) < 4.78 is 0. The van der Waals surface area contributed by atoms with E-state index in [1.54, 1.807) is 78.7 Å². The maximum atomic E-state index is 14.0. The summed E-state index contributed by atoms with van der Waals surface area (Å²) in [7, 11) is 1.72. The summed E-state index contributed by atoms with van der Waals surface area (Å²) >= 11 is 12.5. The van der Waals surface area contributed by atoms with Crippen LogP contribution in [0.4, 0.5) is 11.4 Å². The van der Waals surface area contributed by atoms with Gasteiger partial charge in [-0.15, -0.1) is 0 Å². The second-order valence-electron chi connectivity index (χ2n) is 7.91. The zero-order valence-corrected chi connectivity index (χ0v) is 20.1. The number of amides is 1. The molecule has 1 amide bonds. The molecule has 0 saturated heterocycles. The van der Waals surface area contributed by atoms with E-state index < -0.39 is 24.0 Å². The van der Waals surface area contributed by atoms with Crippen molar-refractivity contribution in [1.82, 2.24) is 5.32 Å². The molecular weight excluding hydrogens is 489 g/mol. The molecule has 7 nitrogen and oxygen atoms in total. The number of carboxylic acid groups (broad SMARTS) is 1. The van der Waals surface area contributed by atoms with Crippen molar-refractivity contribution in [3.8, 4) is 0 Å². The van der Waals surface area contributed by atoms with E-state index in [1.807, 2.05) is 6.07 Å². The van der Waals surface area contributed by atoms with Crippen molar-refractivity contribution < 1.29 is 19.5 Å². The van der Waals surface area contributed by atoms with Crippen molar-refractivity contribution in [2.24, 2.45) is 0 Å². The van der Waals surface area contributed by atoms with E-state index in [1.165, 1.54) is 0 Å². The number of nitrogens with zero attached hydrogens (tertiary/aromatic N) is 1. The standard InChI is InChI=1S/C26H21Cl2N3O4/c1-31(19-9-5-8-17(27)12-19)26(20-11-10-18(28)13-21(20)30-25(26)35)24(16-6-3-2-4-7-16)22(15-32)29-14-23(33)34/h2-13,15,29H,14H2,1H3,(H,30,35)(H,33,34)/b24-22+. The number of aliphatic carboxylic acids is 1. The van der Waals surface area contributed by atoms with E-state index in [0.717, 1.165) is 0 Å². The number of fused-ring (bicyclic) bond motifs is 1. The number of hydrogen-bond donors (Lipinski definition) is 3. The minimum atomic E-state index is -1.58. The van der Waals surface area contributed by atoms with Gasteiger partial charge >= 0.3 is 5.97 Å². The Morgan fingerprint density at radius 1 is 1.06 bits per heavy atom. The Bertz CT molecular complexity index is 1340. The highest BCUT2D eigenvalue weighted by atomic mass is 35.5. The first-order valence-electron chi connectivity index (χ1n) is 10.6. The van der Waals surface area contributed by atoms with Gasteiger partial charge in [0.2, 0.25) is 0 Å². The lowest BCUT2D eigenvalue weighted by atomic mass is 9.77. The van der Waals surface area contributed by atoms with E-state index in [9.17, 15) is 19.5 Å². The fourth-order valence-electron chi connectivity index (χ4n) is 4.42. The van der Waals surface area contributed by atoms with Crippen molar-refractivity contribution in [2.75, 3.05) is 23.8 Å². The SMILES string of the molecule is CN(c1cccc(Cl)c1)C1(/C(=C(\C=O)NCC(=O)O)c2ccccc2)C(=O)Nc2cc(Cl)ccc21. The number of benzene rings is 3. The predicted octanol–water partition coefficient (Wildman–Crippen LogP) is 4.56. The van der Waals surface area contributed by atoms with Crippen molar-refractivity contribution in [1.29, 1.82) is 0 Å². The third-order valence-electron chi connectivity index (χ3n) is 5.89. The molecule has 0 aliphatic carbocycles. The van der Waals surface area contributed by atoms with Gasteiger partial charge < -0.3 is 20.6 Å². The Kier molecular flexibility index (Phi) is 6.82. The van der Waals surface area contributed by atoms with Gasteiger partial charge in [0.05, 0.1) is 5.70 Å². The van der Waals surface area contributed by atoms with Crippen LogP contribution < -0.4 is 15.5 Å². The normalized spacial score (nSPS) is 17.2. The van der Waals surface area contributed by atoms with Crippen LogP contribution >= 0.6 is 23.2 Å². The summed E-state index contributed by atoms with van der Waals surface area (Å²) in [6, 6.07) is 20.9. The van der Waals surface area contributed by atoms with Crippen LogP contribution in [0, 0.1) is 0 Å². The van der Waals surface area contributed by atoms with Crippen LogP contribution in [0.25, 0.3) is 5.57 Å². The Balaban J connectivity index is 2.11. The topological polar surface area (TPSA) is 98.7 Å². The molecular formula is C26H21Cl2N3O4. The fourth-order valence-corrected chi connectivity index (χ4v) is 4.78. The van der Waals surface area contributed by atoms with Crippen molar-refractivity contribution in [2.45, 2.75) is 5.54 Å². The first-order valence-corrected chi connectivity index (χ1v) is 11.4. The number of carbonyl (C=O) groups is 3. The summed E-state index contributed by atoms with van der Waals surface area (Å²) in [6.45, 7) is -0.517. The van der Waals surface area contributed by atoms with Gasteiger partial charge in [-0.1, -0.05) is 65.7 Å². The molecule has 1 heterocycles. The predicted molar refractivity (Wildman–Crippen MR) is 137 cm³/mol. The van der Waals surface area contributed by atoms with Gasteiger partial charge in [0.1, 0.15) is 6.54 Å². The number of hydrogen-bond acceptors (Lipinski definition) is 5. The first-order chi connectivity index (χ1) is 16.8.